The summed E-state index contributed by atoms with van der Waals surface area (Å²) in [5, 5.41) is 0. The second-order valence-corrected chi connectivity index (χ2v) is 5.65. The lowest BCUT2D eigenvalue weighted by molar-refractivity contribution is 0.539. The van der Waals surface area contributed by atoms with Crippen LogP contribution in [-0.4, -0.2) is 21.5 Å². The molecule has 3 N–H and O–H groups in total. The second-order valence-electron chi connectivity index (χ2n) is 5.65. The maximum Gasteiger partial charge on any atom is 0.140 e. The van der Waals surface area contributed by atoms with Gasteiger partial charge in [-0.15, -0.1) is 0 Å². The number of nitrogens with two attached hydrogens (primary N) is 1. The van der Waals surface area contributed by atoms with E-state index in [0.717, 1.165) is 22.4 Å². The van der Waals surface area contributed by atoms with Crippen LogP contribution in [0.3, 0.4) is 0 Å². The van der Waals surface area contributed by atoms with Crippen LogP contribution in [0.5, 0.6) is 0 Å². The van der Waals surface area contributed by atoms with Crippen molar-refractivity contribution in [2.75, 3.05) is 6.54 Å². The van der Waals surface area contributed by atoms with Crippen molar-refractivity contribution in [2.45, 2.75) is 19.3 Å². The first-order valence-electron chi connectivity index (χ1n) is 6.71. The first-order chi connectivity index (χ1) is 9.60. The molecule has 0 fully saturated rings. The quantitative estimate of drug-likeness (QED) is 0.766. The van der Waals surface area contributed by atoms with Gasteiger partial charge in [0.1, 0.15) is 5.82 Å². The van der Waals surface area contributed by atoms with Crippen LogP contribution in [0.25, 0.3) is 22.4 Å². The number of fused-ring (bicyclic) bond motifs is 1. The lowest BCUT2D eigenvalue weighted by Gasteiger charge is -2.22. The second kappa shape index (κ2) is 4.72. The van der Waals surface area contributed by atoms with Crippen molar-refractivity contribution < 1.29 is 0 Å². The molecule has 102 valence electrons. The molecule has 0 aliphatic carbocycles. The van der Waals surface area contributed by atoms with Crippen LogP contribution in [0, 0.1) is 0 Å². The molecule has 4 nitrogen and oxygen atoms in total. The maximum atomic E-state index is 5.84. The van der Waals surface area contributed by atoms with Gasteiger partial charge in [-0.2, -0.15) is 0 Å². The van der Waals surface area contributed by atoms with E-state index in [4.69, 9.17) is 5.73 Å². The Morgan fingerprint density at radius 3 is 2.80 bits per heavy atom. The molecule has 0 bridgehead atoms. The first kappa shape index (κ1) is 12.8. The van der Waals surface area contributed by atoms with Gasteiger partial charge in [-0.05, 0) is 29.8 Å². The average Bonchev–Trinajstić information content (AvgIpc) is 2.91. The summed E-state index contributed by atoms with van der Waals surface area (Å²) in [5.74, 6) is 0.843. The summed E-state index contributed by atoms with van der Waals surface area (Å²) in [7, 11) is 0. The van der Waals surface area contributed by atoms with Crippen LogP contribution < -0.4 is 5.73 Å². The lowest BCUT2D eigenvalue weighted by atomic mass is 9.85. The van der Waals surface area contributed by atoms with Gasteiger partial charge >= 0.3 is 0 Å². The van der Waals surface area contributed by atoms with Crippen molar-refractivity contribution in [2.24, 2.45) is 5.73 Å². The molecule has 0 saturated heterocycles. The summed E-state index contributed by atoms with van der Waals surface area (Å²) >= 11 is 0. The summed E-state index contributed by atoms with van der Waals surface area (Å²) in [6, 6.07) is 10.2. The number of pyridine rings is 1. The maximum absolute atomic E-state index is 5.84. The van der Waals surface area contributed by atoms with E-state index in [-0.39, 0.29) is 5.41 Å². The van der Waals surface area contributed by atoms with E-state index >= 15 is 0 Å². The van der Waals surface area contributed by atoms with Gasteiger partial charge in [0, 0.05) is 29.9 Å². The van der Waals surface area contributed by atoms with Crippen LogP contribution in [0.15, 0.2) is 42.7 Å². The first-order valence-corrected chi connectivity index (χ1v) is 6.71. The van der Waals surface area contributed by atoms with E-state index < -0.39 is 0 Å². The lowest BCUT2D eigenvalue weighted by Crippen LogP contribution is -2.27. The van der Waals surface area contributed by atoms with Crippen molar-refractivity contribution in [3.05, 3.63) is 48.3 Å². The third kappa shape index (κ3) is 2.18. The van der Waals surface area contributed by atoms with Crippen molar-refractivity contribution in [1.82, 2.24) is 15.0 Å². The highest BCUT2D eigenvalue weighted by Crippen LogP contribution is 2.26. The molecule has 4 heteroatoms. The van der Waals surface area contributed by atoms with Crippen molar-refractivity contribution in [1.29, 1.82) is 0 Å². The standard InChI is InChI=1S/C16H18N4/c1-16(2,10-17)12-5-6-13-14(8-12)20-15(19-13)11-4-3-7-18-9-11/h3-9H,10,17H2,1-2H3,(H,19,20). The van der Waals surface area contributed by atoms with Gasteiger partial charge in [-0.1, -0.05) is 19.9 Å². The zero-order valence-electron chi connectivity index (χ0n) is 11.7. The number of aromatic nitrogens is 3. The normalized spacial score (nSPS) is 11.9. The fraction of sp³-hybridized carbons (Fsp3) is 0.250. The number of nitrogens with zero attached hydrogens (tertiary/aromatic N) is 2. The van der Waals surface area contributed by atoms with E-state index in [0.29, 0.717) is 6.54 Å². The Balaban J connectivity index is 2.09. The Hall–Kier alpha value is -2.20. The topological polar surface area (TPSA) is 67.6 Å². The molecule has 0 atom stereocenters. The zero-order valence-corrected chi connectivity index (χ0v) is 11.7. The minimum atomic E-state index is -0.0340. The number of H-pyrrole nitrogens is 1. The van der Waals surface area contributed by atoms with Crippen LogP contribution in [0.4, 0.5) is 0 Å². The van der Waals surface area contributed by atoms with E-state index in [1.165, 1.54) is 5.56 Å². The monoisotopic (exact) mass is 266 g/mol. The van der Waals surface area contributed by atoms with Crippen molar-refractivity contribution in [3.63, 3.8) is 0 Å². The van der Waals surface area contributed by atoms with E-state index in [1.807, 2.05) is 24.4 Å². The van der Waals surface area contributed by atoms with Gasteiger partial charge in [0.05, 0.1) is 11.0 Å². The van der Waals surface area contributed by atoms with Crippen LogP contribution in [-0.2, 0) is 5.41 Å². The smallest absolute Gasteiger partial charge is 0.140 e. The predicted octanol–water partition coefficient (Wildman–Crippen LogP) is 2.86. The molecule has 3 rings (SSSR count). The summed E-state index contributed by atoms with van der Waals surface area (Å²) in [4.78, 5) is 12.1. The van der Waals surface area contributed by atoms with Gasteiger partial charge in [-0.3, -0.25) is 4.98 Å². The average molecular weight is 266 g/mol. The molecule has 0 aliphatic heterocycles. The van der Waals surface area contributed by atoms with Gasteiger partial charge < -0.3 is 10.7 Å². The molecule has 1 aromatic carbocycles. The summed E-state index contributed by atoms with van der Waals surface area (Å²) in [5.41, 5.74) is 10.0. The molecule has 0 saturated carbocycles. The minimum Gasteiger partial charge on any atom is -0.338 e. The highest BCUT2D eigenvalue weighted by Gasteiger charge is 2.19. The summed E-state index contributed by atoms with van der Waals surface area (Å²) < 4.78 is 0. The van der Waals surface area contributed by atoms with Crippen LogP contribution in [0.2, 0.25) is 0 Å². The van der Waals surface area contributed by atoms with Gasteiger partial charge in [0.25, 0.3) is 0 Å². The summed E-state index contributed by atoms with van der Waals surface area (Å²) in [6.07, 6.45) is 3.57. The number of rotatable bonds is 3. The van der Waals surface area contributed by atoms with E-state index in [2.05, 4.69) is 40.9 Å². The number of aromatic amines is 1. The Bertz CT molecular complexity index is 729. The molecule has 2 aromatic heterocycles. The van der Waals surface area contributed by atoms with Gasteiger partial charge in [-0.25, -0.2) is 4.98 Å². The number of hydrogen-bond donors (Lipinski definition) is 2. The Morgan fingerprint density at radius 2 is 2.10 bits per heavy atom. The number of benzene rings is 1. The Kier molecular flexibility index (Phi) is 3.03. The Morgan fingerprint density at radius 1 is 1.25 bits per heavy atom. The molecule has 3 aromatic rings. The van der Waals surface area contributed by atoms with Crippen molar-refractivity contribution in [3.8, 4) is 11.4 Å². The number of hydrogen-bond acceptors (Lipinski definition) is 3. The zero-order chi connectivity index (χ0) is 14.2. The third-order valence-corrected chi connectivity index (χ3v) is 3.71. The van der Waals surface area contributed by atoms with E-state index in [1.54, 1.807) is 6.20 Å². The largest absolute Gasteiger partial charge is 0.338 e. The van der Waals surface area contributed by atoms with Gasteiger partial charge in [0.15, 0.2) is 0 Å². The van der Waals surface area contributed by atoms with Crippen LogP contribution >= 0.6 is 0 Å². The minimum absolute atomic E-state index is 0.0340. The fourth-order valence-corrected chi connectivity index (χ4v) is 2.19. The fourth-order valence-electron chi connectivity index (χ4n) is 2.19. The van der Waals surface area contributed by atoms with Gasteiger partial charge in [0.2, 0.25) is 0 Å². The third-order valence-electron chi connectivity index (χ3n) is 3.71. The highest BCUT2D eigenvalue weighted by atomic mass is 14.9. The van der Waals surface area contributed by atoms with Crippen molar-refractivity contribution >= 4 is 11.0 Å². The van der Waals surface area contributed by atoms with E-state index in [9.17, 15) is 0 Å². The van der Waals surface area contributed by atoms with Crippen LogP contribution in [0.1, 0.15) is 19.4 Å². The number of imidazole rings is 1. The molecule has 2 heterocycles. The molecular formula is C16H18N4. The molecule has 0 aliphatic rings. The Labute approximate surface area is 118 Å². The number of nitrogens with one attached hydrogen (secondary N) is 1. The molecule has 0 radical (unpaired) electrons. The predicted molar refractivity (Wildman–Crippen MR) is 81.4 cm³/mol. The molecule has 0 amide bonds. The molecule has 0 unspecified atom stereocenters. The molecule has 0 spiro atoms. The molecular weight excluding hydrogens is 248 g/mol. The SMILES string of the molecule is CC(C)(CN)c1ccc2nc(-c3cccnc3)[nH]c2c1. The molecule has 20 heavy (non-hydrogen) atoms. The summed E-state index contributed by atoms with van der Waals surface area (Å²) in [6.45, 7) is 4.90. The highest BCUT2D eigenvalue weighted by molar-refractivity contribution is 5.80.